The van der Waals surface area contributed by atoms with E-state index in [2.05, 4.69) is 27.6 Å². The number of allylic oxidation sites excluding steroid dienone is 1. The highest BCUT2D eigenvalue weighted by Gasteiger charge is 2.33. The first-order valence-electron chi connectivity index (χ1n) is 13.4. The average Bonchev–Trinajstić information content (AvgIpc) is 3.27. The van der Waals surface area contributed by atoms with Gasteiger partial charge in [-0.2, -0.15) is 0 Å². The lowest BCUT2D eigenvalue weighted by Crippen LogP contribution is -2.39. The van der Waals surface area contributed by atoms with Crippen LogP contribution in [0.3, 0.4) is 0 Å². The largest absolute Gasteiger partial charge is 0.494 e. The van der Waals surface area contributed by atoms with Crippen LogP contribution >= 0.6 is 45.5 Å². The van der Waals surface area contributed by atoms with E-state index in [9.17, 15) is 9.59 Å². The number of ether oxygens (including phenoxy) is 3. The minimum Gasteiger partial charge on any atom is -0.494 e. The Hall–Kier alpha value is -3.41. The van der Waals surface area contributed by atoms with Crippen molar-refractivity contribution < 1.29 is 19.0 Å². The number of rotatable bonds is 9. The second-order valence-corrected chi connectivity index (χ2v) is 12.0. The predicted octanol–water partition coefficient (Wildman–Crippen LogP) is 6.03. The monoisotopic (exact) mass is 714 g/mol. The number of thiazole rings is 1. The summed E-state index contributed by atoms with van der Waals surface area (Å²) in [6, 6.07) is 20.1. The van der Waals surface area contributed by atoms with E-state index in [1.165, 1.54) is 11.3 Å². The molecule has 7 nitrogen and oxygen atoms in total. The van der Waals surface area contributed by atoms with E-state index in [0.717, 1.165) is 14.7 Å². The molecule has 0 unspecified atom stereocenters. The highest BCUT2D eigenvalue weighted by atomic mass is 127. The summed E-state index contributed by atoms with van der Waals surface area (Å²) in [6.07, 6.45) is 1.77. The van der Waals surface area contributed by atoms with Gasteiger partial charge in [0.2, 0.25) is 0 Å². The van der Waals surface area contributed by atoms with Crippen molar-refractivity contribution in [1.82, 2.24) is 4.57 Å². The highest BCUT2D eigenvalue weighted by Crippen LogP contribution is 2.33. The quantitative estimate of drug-likeness (QED) is 0.156. The number of aromatic nitrogens is 1. The number of halogens is 2. The molecule has 0 saturated carbocycles. The van der Waals surface area contributed by atoms with Crippen LogP contribution in [-0.2, 0) is 16.1 Å². The van der Waals surface area contributed by atoms with Crippen molar-refractivity contribution in [1.29, 1.82) is 0 Å². The molecule has 0 aliphatic carbocycles. The lowest BCUT2D eigenvalue weighted by molar-refractivity contribution is -0.139. The predicted molar refractivity (Wildman–Crippen MR) is 173 cm³/mol. The molecule has 1 aliphatic heterocycles. The smallest absolute Gasteiger partial charge is 0.338 e. The SMILES string of the molecule is CCOC(=O)C1=C(C)N=c2s/c(=C\c3cc(Cl)cc(I)c3OCc3ccccc3)c(=O)n2[C@H]1c1ccc(OCC)cc1. The molecular weight excluding hydrogens is 687 g/mol. The van der Waals surface area contributed by atoms with Crippen molar-refractivity contribution in [2.75, 3.05) is 13.2 Å². The lowest BCUT2D eigenvalue weighted by atomic mass is 9.96. The molecule has 1 aliphatic rings. The van der Waals surface area contributed by atoms with Gasteiger partial charge < -0.3 is 14.2 Å². The van der Waals surface area contributed by atoms with Gasteiger partial charge in [0.1, 0.15) is 18.1 Å². The van der Waals surface area contributed by atoms with E-state index >= 15 is 0 Å². The van der Waals surface area contributed by atoms with E-state index in [0.29, 0.717) is 55.9 Å². The zero-order valence-corrected chi connectivity index (χ0v) is 27.0. The molecule has 0 fully saturated rings. The molecule has 1 aromatic heterocycles. The molecule has 3 aromatic carbocycles. The standard InChI is InChI=1S/C32H28ClIN2O5S/c1-4-39-24-13-11-21(12-14-24)28-27(31(38)40-5-2)19(3)35-32-36(28)30(37)26(42-32)16-22-15-23(33)17-25(34)29(22)41-18-20-9-7-6-8-10-20/h6-17,28H,4-5,18H2,1-3H3/b26-16-/t28-/m0/s1. The summed E-state index contributed by atoms with van der Waals surface area (Å²) >= 11 is 9.87. The molecule has 42 heavy (non-hydrogen) atoms. The summed E-state index contributed by atoms with van der Waals surface area (Å²) in [5, 5.41) is 0.526. The van der Waals surface area contributed by atoms with Gasteiger partial charge in [-0.3, -0.25) is 9.36 Å². The van der Waals surface area contributed by atoms with Crippen LogP contribution < -0.4 is 24.4 Å². The van der Waals surface area contributed by atoms with Crippen LogP contribution in [0.15, 0.2) is 87.8 Å². The summed E-state index contributed by atoms with van der Waals surface area (Å²) in [6.45, 7) is 6.52. The van der Waals surface area contributed by atoms with Gasteiger partial charge in [-0.05, 0) is 84.8 Å². The van der Waals surface area contributed by atoms with Gasteiger partial charge in [0.15, 0.2) is 4.80 Å². The van der Waals surface area contributed by atoms with E-state index in [1.54, 1.807) is 30.6 Å². The maximum atomic E-state index is 14.1. The molecule has 216 valence electrons. The molecule has 0 radical (unpaired) electrons. The molecule has 5 rings (SSSR count). The van der Waals surface area contributed by atoms with Crippen LogP contribution in [0.5, 0.6) is 11.5 Å². The fourth-order valence-electron chi connectivity index (χ4n) is 4.73. The Morgan fingerprint density at radius 3 is 2.50 bits per heavy atom. The third kappa shape index (κ3) is 6.33. The van der Waals surface area contributed by atoms with Gasteiger partial charge in [0.25, 0.3) is 5.56 Å². The summed E-state index contributed by atoms with van der Waals surface area (Å²) in [7, 11) is 0. The van der Waals surface area contributed by atoms with E-state index in [4.69, 9.17) is 25.8 Å². The van der Waals surface area contributed by atoms with Gasteiger partial charge in [0, 0.05) is 10.6 Å². The van der Waals surface area contributed by atoms with Gasteiger partial charge >= 0.3 is 5.97 Å². The van der Waals surface area contributed by atoms with E-state index in [1.807, 2.05) is 67.6 Å². The topological polar surface area (TPSA) is 79.1 Å². The highest BCUT2D eigenvalue weighted by molar-refractivity contribution is 14.1. The van der Waals surface area contributed by atoms with Crippen LogP contribution in [0.1, 0.15) is 43.5 Å². The third-order valence-corrected chi connectivity index (χ3v) is 8.58. The molecule has 0 bridgehead atoms. The van der Waals surface area contributed by atoms with E-state index in [-0.39, 0.29) is 12.2 Å². The Bertz CT molecular complexity index is 1830. The molecular formula is C32H28ClIN2O5S. The molecule has 1 atom stereocenters. The Morgan fingerprint density at radius 1 is 1.07 bits per heavy atom. The third-order valence-electron chi connectivity index (χ3n) is 6.57. The second-order valence-electron chi connectivity index (χ2n) is 9.38. The normalized spacial score (nSPS) is 14.8. The fourth-order valence-corrected chi connectivity index (χ4v) is 6.98. The second kappa shape index (κ2) is 13.3. The minimum atomic E-state index is -0.716. The van der Waals surface area contributed by atoms with Crippen LogP contribution in [0, 0.1) is 3.57 Å². The summed E-state index contributed by atoms with van der Waals surface area (Å²) in [4.78, 5) is 32.4. The molecule has 0 N–H and O–H groups in total. The zero-order valence-electron chi connectivity index (χ0n) is 23.2. The molecule has 4 aromatic rings. The van der Waals surface area contributed by atoms with Crippen molar-refractivity contribution in [3.05, 3.63) is 123 Å². The van der Waals surface area contributed by atoms with Crippen molar-refractivity contribution in [3.8, 4) is 11.5 Å². The number of carbonyl (C=O) groups excluding carboxylic acids is 1. The number of benzene rings is 3. The average molecular weight is 715 g/mol. The first kappa shape index (κ1) is 30.1. The number of nitrogens with zero attached hydrogens (tertiary/aromatic N) is 2. The first-order valence-corrected chi connectivity index (χ1v) is 15.7. The van der Waals surface area contributed by atoms with Crippen LogP contribution in [0.2, 0.25) is 5.02 Å². The van der Waals surface area contributed by atoms with Gasteiger partial charge in [-0.1, -0.05) is 65.4 Å². The number of carbonyl (C=O) groups is 1. The molecule has 0 amide bonds. The maximum absolute atomic E-state index is 14.1. The molecule has 0 spiro atoms. The number of hydrogen-bond acceptors (Lipinski definition) is 7. The molecule has 2 heterocycles. The van der Waals surface area contributed by atoms with Gasteiger partial charge in [-0.15, -0.1) is 0 Å². The van der Waals surface area contributed by atoms with Crippen LogP contribution in [-0.4, -0.2) is 23.8 Å². The fraction of sp³-hybridized carbons (Fsp3) is 0.219. The van der Waals surface area contributed by atoms with Crippen molar-refractivity contribution >= 4 is 57.6 Å². The number of fused-ring (bicyclic) bond motifs is 1. The molecule has 10 heteroatoms. The Balaban J connectivity index is 1.64. The lowest BCUT2D eigenvalue weighted by Gasteiger charge is -2.24. The number of hydrogen-bond donors (Lipinski definition) is 0. The Kier molecular flexibility index (Phi) is 9.50. The van der Waals surface area contributed by atoms with Gasteiger partial charge in [0.05, 0.1) is 38.6 Å². The summed E-state index contributed by atoms with van der Waals surface area (Å²) in [5.41, 5.74) is 2.98. The first-order chi connectivity index (χ1) is 20.3. The Labute approximate surface area is 265 Å². The van der Waals surface area contributed by atoms with Crippen molar-refractivity contribution in [3.63, 3.8) is 0 Å². The van der Waals surface area contributed by atoms with Gasteiger partial charge in [-0.25, -0.2) is 9.79 Å². The Morgan fingerprint density at radius 2 is 1.81 bits per heavy atom. The van der Waals surface area contributed by atoms with Crippen molar-refractivity contribution in [2.45, 2.75) is 33.4 Å². The van der Waals surface area contributed by atoms with Crippen LogP contribution in [0.25, 0.3) is 6.08 Å². The van der Waals surface area contributed by atoms with Crippen LogP contribution in [0.4, 0.5) is 0 Å². The zero-order chi connectivity index (χ0) is 29.8. The summed E-state index contributed by atoms with van der Waals surface area (Å²) in [5.74, 6) is 0.819. The summed E-state index contributed by atoms with van der Waals surface area (Å²) < 4.78 is 20.1. The minimum absolute atomic E-state index is 0.204. The number of esters is 1. The van der Waals surface area contributed by atoms with Crippen molar-refractivity contribution in [2.24, 2.45) is 4.99 Å². The molecule has 0 saturated heterocycles. The maximum Gasteiger partial charge on any atom is 0.338 e. The van der Waals surface area contributed by atoms with E-state index < -0.39 is 12.0 Å².